The van der Waals surface area contributed by atoms with Crippen LogP contribution in [0.3, 0.4) is 0 Å². The number of allylic oxidation sites excluding steroid dienone is 4. The number of furan rings is 1. The molecule has 0 saturated heterocycles. The molecule has 0 spiro atoms. The molecule has 1 aliphatic rings. The Hall–Kier alpha value is -8.67. The van der Waals surface area contributed by atoms with Gasteiger partial charge in [-0.25, -0.2) is 15.0 Å². The molecule has 0 N–H and O–H groups in total. The van der Waals surface area contributed by atoms with E-state index in [2.05, 4.69) is 205 Å². The summed E-state index contributed by atoms with van der Waals surface area (Å²) in [6, 6.07) is 67.2. The summed E-state index contributed by atoms with van der Waals surface area (Å²) < 4.78 is 9.45. The van der Waals surface area contributed by atoms with E-state index in [9.17, 15) is 0 Å². The number of hydrogen-bond acceptors (Lipinski definition) is 4. The molecule has 13 aromatic rings. The Morgan fingerprint density at radius 2 is 1.11 bits per heavy atom. The average molecular weight is 843 g/mol. The fraction of sp³-hybridized carbons (Fsp3) is 0.0328. The van der Waals surface area contributed by atoms with Crippen LogP contribution in [0.15, 0.2) is 211 Å². The third kappa shape index (κ3) is 5.63. The van der Waals surface area contributed by atoms with Gasteiger partial charge in [-0.15, -0.1) is 0 Å². The van der Waals surface area contributed by atoms with Gasteiger partial charge in [-0.2, -0.15) is 0 Å². The van der Waals surface area contributed by atoms with E-state index in [-0.39, 0.29) is 0 Å². The number of rotatable bonds is 5. The Kier molecular flexibility index (Phi) is 8.04. The second-order valence-electron chi connectivity index (χ2n) is 17.4. The molecule has 0 bridgehead atoms. The van der Waals surface area contributed by atoms with Gasteiger partial charge in [-0.1, -0.05) is 158 Å². The average Bonchev–Trinajstić information content (AvgIpc) is 3.94. The maximum Gasteiger partial charge on any atom is 0.164 e. The minimum Gasteiger partial charge on any atom is -0.454 e. The fourth-order valence-electron chi connectivity index (χ4n) is 10.6. The lowest BCUT2D eigenvalue weighted by molar-refractivity contribution is 0.666. The van der Waals surface area contributed by atoms with E-state index >= 15 is 0 Å². The number of benzene rings is 10. The SMILES string of the molecule is C1=CCCC(c2cccc(-c3nc(-c4cc5ccccc5c5ccccc45)nc(-c4ccc(-n5c6cc7ccccc7cc6c6c7ccccc7ccc65)c5oc6ccccc6c45)n3)c2)=C1. The summed E-state index contributed by atoms with van der Waals surface area (Å²) >= 11 is 0. The normalized spacial score (nSPS) is 13.1. The Bertz CT molecular complexity index is 4240. The lowest BCUT2D eigenvalue weighted by Gasteiger charge is -2.15. The van der Waals surface area contributed by atoms with Gasteiger partial charge < -0.3 is 8.98 Å². The molecule has 0 amide bonds. The zero-order valence-corrected chi connectivity index (χ0v) is 35.7. The molecule has 1 aliphatic carbocycles. The van der Waals surface area contributed by atoms with Crippen LogP contribution < -0.4 is 0 Å². The van der Waals surface area contributed by atoms with Crippen LogP contribution in [0.25, 0.3) is 132 Å². The highest BCUT2D eigenvalue weighted by molar-refractivity contribution is 6.24. The van der Waals surface area contributed by atoms with Crippen molar-refractivity contribution in [2.75, 3.05) is 0 Å². The first kappa shape index (κ1) is 36.8. The van der Waals surface area contributed by atoms with Crippen LogP contribution in [0.1, 0.15) is 18.4 Å². The highest BCUT2D eigenvalue weighted by Gasteiger charge is 2.24. The molecule has 5 nitrogen and oxygen atoms in total. The van der Waals surface area contributed by atoms with E-state index in [0.29, 0.717) is 17.5 Å². The van der Waals surface area contributed by atoms with Gasteiger partial charge in [0.05, 0.1) is 16.7 Å². The largest absolute Gasteiger partial charge is 0.454 e. The molecule has 0 radical (unpaired) electrons. The Morgan fingerprint density at radius 1 is 0.424 bits per heavy atom. The van der Waals surface area contributed by atoms with E-state index in [1.165, 1.54) is 48.8 Å². The van der Waals surface area contributed by atoms with Crippen molar-refractivity contribution in [3.8, 4) is 39.9 Å². The van der Waals surface area contributed by atoms with E-state index in [1.807, 2.05) is 6.07 Å². The minimum atomic E-state index is 0.583. The highest BCUT2D eigenvalue weighted by Crippen LogP contribution is 2.45. The molecule has 0 saturated carbocycles. The highest BCUT2D eigenvalue weighted by atomic mass is 16.3. The molecular weight excluding hydrogens is 805 g/mol. The zero-order valence-electron chi connectivity index (χ0n) is 35.7. The molecule has 0 aliphatic heterocycles. The molecule has 0 fully saturated rings. The number of para-hydroxylation sites is 1. The summed E-state index contributed by atoms with van der Waals surface area (Å²) in [6.07, 6.45) is 8.62. The first-order valence-corrected chi connectivity index (χ1v) is 22.6. The molecule has 14 rings (SSSR count). The van der Waals surface area contributed by atoms with Crippen LogP contribution in [0.5, 0.6) is 0 Å². The first-order valence-electron chi connectivity index (χ1n) is 22.6. The monoisotopic (exact) mass is 842 g/mol. The Labute approximate surface area is 379 Å². The first-order chi connectivity index (χ1) is 32.7. The standard InChI is InChI=1S/C61H38N4O/c1-2-15-37(16-3-1)39-21-14-22-43(33-39)59-62-60(64-61(63-59)50-35-42-20-7-8-23-44(42)46-25-10-11-26-47(46)50)49-30-32-53(58-57(49)48-27-12-13-28-55(48)66-58)65-52-31-29-38-17-6-9-24-45(38)56(52)51-34-40-18-4-5-19-41(40)36-54(51)65/h1-2,4-15,17-36H,3,16H2. The van der Waals surface area contributed by atoms with Crippen molar-refractivity contribution in [2.45, 2.75) is 12.8 Å². The van der Waals surface area contributed by atoms with Crippen molar-refractivity contribution in [3.63, 3.8) is 0 Å². The zero-order chi connectivity index (χ0) is 43.3. The maximum absolute atomic E-state index is 7.06. The minimum absolute atomic E-state index is 0.583. The summed E-state index contributed by atoms with van der Waals surface area (Å²) in [5, 5.41) is 13.8. The van der Waals surface area contributed by atoms with Crippen LogP contribution in [0.2, 0.25) is 0 Å². The molecule has 10 aromatic carbocycles. The van der Waals surface area contributed by atoms with Gasteiger partial charge in [0.15, 0.2) is 23.1 Å². The van der Waals surface area contributed by atoms with Gasteiger partial charge in [0.1, 0.15) is 5.58 Å². The maximum atomic E-state index is 7.06. The molecule has 3 heterocycles. The van der Waals surface area contributed by atoms with Gasteiger partial charge in [-0.3, -0.25) is 0 Å². The number of nitrogens with zero attached hydrogens (tertiary/aromatic N) is 4. The summed E-state index contributed by atoms with van der Waals surface area (Å²) in [6.45, 7) is 0. The van der Waals surface area contributed by atoms with Gasteiger partial charge in [-0.05, 0) is 116 Å². The topological polar surface area (TPSA) is 56.7 Å². The van der Waals surface area contributed by atoms with Gasteiger partial charge >= 0.3 is 0 Å². The van der Waals surface area contributed by atoms with Gasteiger partial charge in [0, 0.05) is 38.2 Å². The third-order valence-corrected chi connectivity index (χ3v) is 13.7. The van der Waals surface area contributed by atoms with E-state index < -0.39 is 0 Å². The van der Waals surface area contributed by atoms with Crippen molar-refractivity contribution in [1.29, 1.82) is 0 Å². The van der Waals surface area contributed by atoms with Crippen LogP contribution in [-0.4, -0.2) is 19.5 Å². The quantitative estimate of drug-likeness (QED) is 0.162. The summed E-state index contributed by atoms with van der Waals surface area (Å²) in [4.78, 5) is 16.3. The number of aromatic nitrogens is 4. The van der Waals surface area contributed by atoms with Gasteiger partial charge in [0.2, 0.25) is 0 Å². The molecular formula is C61H38N4O. The van der Waals surface area contributed by atoms with Crippen LogP contribution in [0, 0.1) is 0 Å². The fourth-order valence-corrected chi connectivity index (χ4v) is 10.6. The van der Waals surface area contributed by atoms with Crippen molar-refractivity contribution in [1.82, 2.24) is 19.5 Å². The Morgan fingerprint density at radius 3 is 1.94 bits per heavy atom. The smallest absolute Gasteiger partial charge is 0.164 e. The summed E-state index contributed by atoms with van der Waals surface area (Å²) in [5.74, 6) is 1.82. The van der Waals surface area contributed by atoms with Crippen molar-refractivity contribution < 1.29 is 4.42 Å². The second kappa shape index (κ2) is 14.4. The van der Waals surface area contributed by atoms with Gasteiger partial charge in [0.25, 0.3) is 0 Å². The number of hydrogen-bond donors (Lipinski definition) is 0. The Balaban J connectivity index is 1.07. The number of fused-ring (bicyclic) bond motifs is 12. The van der Waals surface area contributed by atoms with E-state index in [4.69, 9.17) is 19.4 Å². The van der Waals surface area contributed by atoms with E-state index in [0.717, 1.165) is 84.3 Å². The molecule has 3 aromatic heterocycles. The lowest BCUT2D eigenvalue weighted by Crippen LogP contribution is -2.02. The molecule has 0 unspecified atom stereocenters. The third-order valence-electron chi connectivity index (χ3n) is 13.7. The molecule has 308 valence electrons. The summed E-state index contributed by atoms with van der Waals surface area (Å²) in [7, 11) is 0. The van der Waals surface area contributed by atoms with Crippen LogP contribution in [0.4, 0.5) is 0 Å². The summed E-state index contributed by atoms with van der Waals surface area (Å²) in [5.41, 5.74) is 10.0. The van der Waals surface area contributed by atoms with Crippen molar-refractivity contribution in [2.24, 2.45) is 0 Å². The van der Waals surface area contributed by atoms with Crippen LogP contribution in [-0.2, 0) is 0 Å². The molecule has 0 atom stereocenters. The van der Waals surface area contributed by atoms with Crippen molar-refractivity contribution in [3.05, 3.63) is 212 Å². The predicted octanol–water partition coefficient (Wildman–Crippen LogP) is 16.2. The molecule has 5 heteroatoms. The predicted molar refractivity (Wildman–Crippen MR) is 274 cm³/mol. The van der Waals surface area contributed by atoms with Crippen LogP contribution >= 0.6 is 0 Å². The van der Waals surface area contributed by atoms with E-state index in [1.54, 1.807) is 0 Å². The van der Waals surface area contributed by atoms with Crippen molar-refractivity contribution >= 4 is 92.4 Å². The molecule has 66 heavy (non-hydrogen) atoms. The second-order valence-corrected chi connectivity index (χ2v) is 17.4. The lowest BCUT2D eigenvalue weighted by atomic mass is 9.95.